The van der Waals surface area contributed by atoms with Gasteiger partial charge in [-0.2, -0.15) is 5.10 Å². The number of hydrogen-bond donors (Lipinski definition) is 1. The van der Waals surface area contributed by atoms with Crippen LogP contribution in [0.3, 0.4) is 0 Å². The molecule has 0 aliphatic carbocycles. The minimum absolute atomic E-state index is 0.113. The van der Waals surface area contributed by atoms with Gasteiger partial charge in [0.05, 0.1) is 29.2 Å². The number of nitrogens with one attached hydrogen (secondary N) is 1. The maximum Gasteiger partial charge on any atom is 0.198 e. The molecular formula is C13H17Cl2N3O. The number of halogens is 2. The highest BCUT2D eigenvalue weighted by Gasteiger charge is 2.24. The van der Waals surface area contributed by atoms with E-state index in [-0.39, 0.29) is 6.04 Å². The van der Waals surface area contributed by atoms with Gasteiger partial charge in [-0.15, -0.1) is 0 Å². The van der Waals surface area contributed by atoms with Gasteiger partial charge in [-0.1, -0.05) is 25.4 Å². The lowest BCUT2D eigenvalue weighted by Crippen LogP contribution is -2.25. The maximum atomic E-state index is 6.28. The van der Waals surface area contributed by atoms with E-state index in [4.69, 9.17) is 27.6 Å². The minimum Gasteiger partial charge on any atom is -0.453 e. The van der Waals surface area contributed by atoms with E-state index >= 15 is 0 Å². The Kier molecular flexibility index (Phi) is 4.91. The molecule has 2 rings (SSSR count). The molecule has 6 heteroatoms. The van der Waals surface area contributed by atoms with Gasteiger partial charge in [0, 0.05) is 12.1 Å². The van der Waals surface area contributed by atoms with Gasteiger partial charge in [0.1, 0.15) is 0 Å². The van der Waals surface area contributed by atoms with E-state index < -0.39 is 0 Å². The fourth-order valence-electron chi connectivity index (χ4n) is 2.12. The van der Waals surface area contributed by atoms with E-state index in [1.807, 2.05) is 17.7 Å². The van der Waals surface area contributed by atoms with Crippen molar-refractivity contribution in [3.63, 3.8) is 0 Å². The van der Waals surface area contributed by atoms with Gasteiger partial charge >= 0.3 is 0 Å². The van der Waals surface area contributed by atoms with Crippen molar-refractivity contribution in [3.8, 4) is 0 Å². The molecule has 0 amide bonds. The summed E-state index contributed by atoms with van der Waals surface area (Å²) in [6, 6.07) is 1.74. The monoisotopic (exact) mass is 301 g/mol. The predicted octanol–water partition coefficient (Wildman–Crippen LogP) is 3.89. The van der Waals surface area contributed by atoms with Crippen molar-refractivity contribution in [3.05, 3.63) is 40.0 Å². The SMILES string of the molecule is CCCn1ncc(Cl)c1C(NCC)c1ccoc1Cl. The third-order valence-electron chi connectivity index (χ3n) is 2.91. The molecule has 1 atom stereocenters. The highest BCUT2D eigenvalue weighted by atomic mass is 35.5. The first-order valence-corrected chi connectivity index (χ1v) is 7.12. The second-order valence-corrected chi connectivity index (χ2v) is 4.99. The summed E-state index contributed by atoms with van der Waals surface area (Å²) in [6.45, 7) is 5.75. The third-order valence-corrected chi connectivity index (χ3v) is 3.51. The number of rotatable bonds is 6. The first-order chi connectivity index (χ1) is 9.19. The molecule has 0 bridgehead atoms. The van der Waals surface area contributed by atoms with E-state index in [2.05, 4.69) is 17.3 Å². The Bertz CT molecular complexity index is 536. The van der Waals surface area contributed by atoms with Crippen molar-refractivity contribution >= 4 is 23.2 Å². The average molecular weight is 302 g/mol. The Morgan fingerprint density at radius 3 is 2.79 bits per heavy atom. The molecular weight excluding hydrogens is 285 g/mol. The lowest BCUT2D eigenvalue weighted by Gasteiger charge is -2.19. The lowest BCUT2D eigenvalue weighted by molar-refractivity contribution is 0.512. The molecule has 2 aromatic rings. The molecule has 2 aromatic heterocycles. The normalized spacial score (nSPS) is 12.8. The molecule has 0 aromatic carbocycles. The Morgan fingerprint density at radius 1 is 1.42 bits per heavy atom. The molecule has 1 N–H and O–H groups in total. The van der Waals surface area contributed by atoms with Crippen LogP contribution in [0.25, 0.3) is 0 Å². The van der Waals surface area contributed by atoms with Crippen molar-refractivity contribution < 1.29 is 4.42 Å². The molecule has 0 saturated carbocycles. The quantitative estimate of drug-likeness (QED) is 0.880. The summed E-state index contributed by atoms with van der Waals surface area (Å²) >= 11 is 12.4. The number of furan rings is 1. The lowest BCUT2D eigenvalue weighted by atomic mass is 10.1. The second kappa shape index (κ2) is 6.46. The van der Waals surface area contributed by atoms with Gasteiger partial charge in [-0.25, -0.2) is 0 Å². The molecule has 0 saturated heterocycles. The zero-order valence-corrected chi connectivity index (χ0v) is 12.5. The van der Waals surface area contributed by atoms with E-state index in [0.717, 1.165) is 30.8 Å². The van der Waals surface area contributed by atoms with Crippen molar-refractivity contribution in [2.75, 3.05) is 6.54 Å². The summed E-state index contributed by atoms with van der Waals surface area (Å²) in [5.74, 6) is 0. The van der Waals surface area contributed by atoms with Crippen LogP contribution in [-0.4, -0.2) is 16.3 Å². The van der Waals surface area contributed by atoms with Crippen LogP contribution in [0, 0.1) is 0 Å². The number of nitrogens with zero attached hydrogens (tertiary/aromatic N) is 2. The van der Waals surface area contributed by atoms with Crippen molar-refractivity contribution in [1.29, 1.82) is 0 Å². The van der Waals surface area contributed by atoms with Crippen LogP contribution in [0.2, 0.25) is 10.2 Å². The first-order valence-electron chi connectivity index (χ1n) is 6.36. The molecule has 0 aliphatic heterocycles. The van der Waals surface area contributed by atoms with Gasteiger partial charge in [0.2, 0.25) is 0 Å². The Labute approximate surface area is 122 Å². The summed E-state index contributed by atoms with van der Waals surface area (Å²) in [5, 5.41) is 8.71. The highest BCUT2D eigenvalue weighted by Crippen LogP contribution is 2.33. The molecule has 0 radical (unpaired) electrons. The molecule has 0 spiro atoms. The molecule has 1 unspecified atom stereocenters. The topological polar surface area (TPSA) is 43.0 Å². The van der Waals surface area contributed by atoms with E-state index in [1.165, 1.54) is 0 Å². The van der Waals surface area contributed by atoms with Crippen LogP contribution < -0.4 is 5.32 Å². The minimum atomic E-state index is -0.113. The molecule has 4 nitrogen and oxygen atoms in total. The Balaban J connectivity index is 2.44. The molecule has 104 valence electrons. The standard InChI is InChI=1S/C13H17Cl2N3O/c1-3-6-18-12(10(14)8-17-18)11(16-4-2)9-5-7-19-13(9)15/h5,7-8,11,16H,3-4,6H2,1-2H3. The fraction of sp³-hybridized carbons (Fsp3) is 0.462. The fourth-order valence-corrected chi connectivity index (χ4v) is 2.59. The van der Waals surface area contributed by atoms with Gasteiger partial charge in [0.15, 0.2) is 5.22 Å². The van der Waals surface area contributed by atoms with Crippen LogP contribution in [0.5, 0.6) is 0 Å². The highest BCUT2D eigenvalue weighted by molar-refractivity contribution is 6.31. The Morgan fingerprint density at radius 2 is 2.21 bits per heavy atom. The Hall–Kier alpha value is -0.970. The summed E-state index contributed by atoms with van der Waals surface area (Å²) < 4.78 is 7.10. The van der Waals surface area contributed by atoms with Crippen LogP contribution in [0.15, 0.2) is 22.9 Å². The van der Waals surface area contributed by atoms with Crippen LogP contribution in [-0.2, 0) is 6.54 Å². The van der Waals surface area contributed by atoms with Crippen molar-refractivity contribution in [2.24, 2.45) is 0 Å². The van der Waals surface area contributed by atoms with Crippen LogP contribution >= 0.6 is 23.2 Å². The van der Waals surface area contributed by atoms with Crippen molar-refractivity contribution in [1.82, 2.24) is 15.1 Å². The zero-order chi connectivity index (χ0) is 13.8. The van der Waals surface area contributed by atoms with E-state index in [9.17, 15) is 0 Å². The van der Waals surface area contributed by atoms with E-state index in [1.54, 1.807) is 12.5 Å². The summed E-state index contributed by atoms with van der Waals surface area (Å²) in [5.41, 5.74) is 1.80. The number of aromatic nitrogens is 2. The molecule has 2 heterocycles. The predicted molar refractivity (Wildman–Crippen MR) is 76.8 cm³/mol. The van der Waals surface area contributed by atoms with Gasteiger partial charge in [-0.05, 0) is 30.6 Å². The van der Waals surface area contributed by atoms with Crippen molar-refractivity contribution in [2.45, 2.75) is 32.9 Å². The molecule has 0 fully saturated rings. The largest absolute Gasteiger partial charge is 0.453 e. The second-order valence-electron chi connectivity index (χ2n) is 4.24. The first kappa shape index (κ1) is 14.4. The number of aryl methyl sites for hydroxylation is 1. The van der Waals surface area contributed by atoms with E-state index in [0.29, 0.717) is 10.2 Å². The average Bonchev–Trinajstić information content (AvgIpc) is 2.95. The summed E-state index contributed by atoms with van der Waals surface area (Å²) in [6.07, 6.45) is 4.24. The van der Waals surface area contributed by atoms with Gasteiger partial charge in [-0.3, -0.25) is 4.68 Å². The summed E-state index contributed by atoms with van der Waals surface area (Å²) in [4.78, 5) is 0. The number of hydrogen-bond acceptors (Lipinski definition) is 3. The van der Waals surface area contributed by atoms with Crippen LogP contribution in [0.1, 0.15) is 37.6 Å². The molecule has 0 aliphatic rings. The zero-order valence-electron chi connectivity index (χ0n) is 11.0. The van der Waals surface area contributed by atoms with Gasteiger partial charge in [0.25, 0.3) is 0 Å². The smallest absolute Gasteiger partial charge is 0.198 e. The summed E-state index contributed by atoms with van der Waals surface area (Å²) in [7, 11) is 0. The molecule has 19 heavy (non-hydrogen) atoms. The maximum absolute atomic E-state index is 6.28. The van der Waals surface area contributed by atoms with Gasteiger partial charge < -0.3 is 9.73 Å². The van der Waals surface area contributed by atoms with Crippen LogP contribution in [0.4, 0.5) is 0 Å². The third kappa shape index (κ3) is 2.96.